The summed E-state index contributed by atoms with van der Waals surface area (Å²) in [7, 11) is 1.44. The van der Waals surface area contributed by atoms with Gasteiger partial charge in [0.1, 0.15) is 22.9 Å². The number of ketones is 1. The van der Waals surface area contributed by atoms with Gasteiger partial charge in [-0.15, -0.1) is 0 Å². The van der Waals surface area contributed by atoms with Crippen LogP contribution in [0.3, 0.4) is 0 Å². The minimum Gasteiger partial charge on any atom is -0.494 e. The maximum absolute atomic E-state index is 13.0. The molecule has 1 aromatic carbocycles. The number of anilines is 4. The van der Waals surface area contributed by atoms with E-state index in [0.717, 1.165) is 0 Å². The van der Waals surface area contributed by atoms with Gasteiger partial charge in [-0.1, -0.05) is 13.0 Å². The number of rotatable bonds is 10. The molecule has 0 radical (unpaired) electrons. The Hall–Kier alpha value is -4.40. The summed E-state index contributed by atoms with van der Waals surface area (Å²) in [6, 6.07) is 10.4. The van der Waals surface area contributed by atoms with Gasteiger partial charge in [0.25, 0.3) is 0 Å². The molecule has 5 rings (SSSR count). The standard InChI is InChI=1S/C28H32N8O5S/c1-5-24(37)21-17-30-26(35(3)25-10-9-19(16-29-25)42(38,39)36-11-13-41-14-12-36)15-23(21)32-22-8-6-7-20(27(22)40-4)28-31-18-34(2)33-28/h6-10,15-18H,5,11-14H2,1-4H3,(H,30,32). The lowest BCUT2D eigenvalue weighted by atomic mass is 10.1. The minimum atomic E-state index is -3.67. The van der Waals surface area contributed by atoms with Crippen molar-refractivity contribution in [3.8, 4) is 17.1 Å². The second kappa shape index (κ2) is 12.2. The molecule has 0 saturated carbocycles. The van der Waals surface area contributed by atoms with Crippen molar-refractivity contribution in [3.05, 3.63) is 60.7 Å². The first kappa shape index (κ1) is 29.1. The summed E-state index contributed by atoms with van der Waals surface area (Å²) in [6.07, 6.45) is 4.76. The van der Waals surface area contributed by atoms with Crippen LogP contribution >= 0.6 is 0 Å². The molecule has 1 aliphatic heterocycles. The Morgan fingerprint density at radius 2 is 1.83 bits per heavy atom. The monoisotopic (exact) mass is 592 g/mol. The predicted molar refractivity (Wildman–Crippen MR) is 157 cm³/mol. The largest absolute Gasteiger partial charge is 0.494 e. The zero-order valence-corrected chi connectivity index (χ0v) is 24.6. The van der Waals surface area contributed by atoms with Crippen LogP contribution in [0.1, 0.15) is 23.7 Å². The number of carbonyl (C=O) groups excluding carboxylic acids is 1. The number of nitrogens with one attached hydrogen (secondary N) is 1. The Morgan fingerprint density at radius 3 is 2.48 bits per heavy atom. The number of carbonyl (C=O) groups is 1. The summed E-state index contributed by atoms with van der Waals surface area (Å²) in [5, 5.41) is 7.74. The number of hydrogen-bond donors (Lipinski definition) is 1. The fourth-order valence-electron chi connectivity index (χ4n) is 4.56. The molecule has 0 amide bonds. The van der Waals surface area contributed by atoms with Crippen LogP contribution in [0.4, 0.5) is 23.0 Å². The van der Waals surface area contributed by atoms with Gasteiger partial charge in [-0.05, 0) is 24.3 Å². The van der Waals surface area contributed by atoms with Gasteiger partial charge in [0.2, 0.25) is 10.0 Å². The summed E-state index contributed by atoms with van der Waals surface area (Å²) < 4.78 is 40.0. The van der Waals surface area contributed by atoms with Crippen molar-refractivity contribution in [1.82, 2.24) is 29.0 Å². The van der Waals surface area contributed by atoms with Crippen molar-refractivity contribution in [1.29, 1.82) is 0 Å². The highest BCUT2D eigenvalue weighted by Crippen LogP contribution is 2.38. The van der Waals surface area contributed by atoms with Crippen molar-refractivity contribution >= 4 is 38.8 Å². The molecule has 1 aliphatic rings. The summed E-state index contributed by atoms with van der Waals surface area (Å²) in [5.41, 5.74) is 2.24. The zero-order chi connectivity index (χ0) is 29.9. The van der Waals surface area contributed by atoms with Crippen molar-refractivity contribution in [2.45, 2.75) is 18.2 Å². The number of pyridine rings is 2. The third-order valence-electron chi connectivity index (χ3n) is 6.86. The molecule has 1 saturated heterocycles. The first-order valence-corrected chi connectivity index (χ1v) is 14.8. The third kappa shape index (κ3) is 5.82. The van der Waals surface area contributed by atoms with Gasteiger partial charge in [-0.25, -0.2) is 23.4 Å². The van der Waals surface area contributed by atoms with E-state index in [9.17, 15) is 13.2 Å². The molecule has 0 aliphatic carbocycles. The average Bonchev–Trinajstić information content (AvgIpc) is 3.46. The highest BCUT2D eigenvalue weighted by atomic mass is 32.2. The number of benzene rings is 1. The highest BCUT2D eigenvalue weighted by molar-refractivity contribution is 7.89. The molecule has 220 valence electrons. The molecule has 42 heavy (non-hydrogen) atoms. The summed E-state index contributed by atoms with van der Waals surface area (Å²) in [6.45, 7) is 3.12. The molecule has 0 atom stereocenters. The van der Waals surface area contributed by atoms with Gasteiger partial charge >= 0.3 is 0 Å². The summed E-state index contributed by atoms with van der Waals surface area (Å²) in [5.74, 6) is 1.90. The number of ether oxygens (including phenoxy) is 2. The Labute approximate surface area is 244 Å². The fourth-order valence-corrected chi connectivity index (χ4v) is 5.91. The lowest BCUT2D eigenvalue weighted by molar-refractivity contribution is 0.0730. The Balaban J connectivity index is 1.46. The van der Waals surface area contributed by atoms with Crippen molar-refractivity contribution in [2.75, 3.05) is 50.7 Å². The highest BCUT2D eigenvalue weighted by Gasteiger charge is 2.27. The minimum absolute atomic E-state index is 0.0866. The van der Waals surface area contributed by atoms with E-state index in [1.807, 2.05) is 18.2 Å². The number of Topliss-reactive ketones (excluding diaryl/α,β-unsaturated/α-hetero) is 1. The Morgan fingerprint density at radius 1 is 1.07 bits per heavy atom. The van der Waals surface area contributed by atoms with Crippen LogP contribution in [0.15, 0.2) is 60.0 Å². The molecule has 1 fully saturated rings. The van der Waals surface area contributed by atoms with Crippen LogP contribution in [0.2, 0.25) is 0 Å². The number of methoxy groups -OCH3 is 1. The summed E-state index contributed by atoms with van der Waals surface area (Å²) in [4.78, 5) is 27.9. The van der Waals surface area contributed by atoms with E-state index in [4.69, 9.17) is 9.47 Å². The molecule has 4 aromatic rings. The second-order valence-corrected chi connectivity index (χ2v) is 11.5. The maximum Gasteiger partial charge on any atom is 0.244 e. The number of sulfonamides is 1. The van der Waals surface area contributed by atoms with Crippen molar-refractivity contribution in [3.63, 3.8) is 0 Å². The molecule has 4 heterocycles. The quantitative estimate of drug-likeness (QED) is 0.271. The number of nitrogens with zero attached hydrogens (tertiary/aromatic N) is 7. The molecule has 1 N–H and O–H groups in total. The summed E-state index contributed by atoms with van der Waals surface area (Å²) >= 11 is 0. The Bertz CT molecular complexity index is 1680. The molecule has 14 heteroatoms. The molecule has 0 unspecified atom stereocenters. The van der Waals surface area contributed by atoms with Crippen LogP contribution in [0.25, 0.3) is 11.4 Å². The smallest absolute Gasteiger partial charge is 0.244 e. The normalized spacial score (nSPS) is 14.0. The number of aryl methyl sites for hydroxylation is 1. The van der Waals surface area contributed by atoms with E-state index in [1.165, 1.54) is 22.8 Å². The maximum atomic E-state index is 13.0. The van der Waals surface area contributed by atoms with Crippen LogP contribution < -0.4 is 15.0 Å². The van der Waals surface area contributed by atoms with Gasteiger partial charge in [0.15, 0.2) is 17.4 Å². The molecular weight excluding hydrogens is 560 g/mol. The van der Waals surface area contributed by atoms with Gasteiger partial charge in [0.05, 0.1) is 42.8 Å². The lowest BCUT2D eigenvalue weighted by Crippen LogP contribution is -2.40. The van der Waals surface area contributed by atoms with Crippen molar-refractivity contribution in [2.24, 2.45) is 7.05 Å². The average molecular weight is 593 g/mol. The van der Waals surface area contributed by atoms with E-state index in [0.29, 0.717) is 78.4 Å². The van der Waals surface area contributed by atoms with Gasteiger partial charge in [-0.3, -0.25) is 9.48 Å². The first-order chi connectivity index (χ1) is 20.2. The molecular formula is C28H32N8O5S. The fraction of sp³-hybridized carbons (Fsp3) is 0.321. The van der Waals surface area contributed by atoms with Gasteiger partial charge < -0.3 is 19.7 Å². The molecule has 0 bridgehead atoms. The SMILES string of the molecule is CCC(=O)c1cnc(N(C)c2ccc(S(=O)(=O)N3CCOCC3)cn2)cc1Nc1cccc(-c2ncn(C)n2)c1OC. The molecule has 0 spiro atoms. The van der Waals surface area contributed by atoms with E-state index in [2.05, 4.69) is 25.4 Å². The second-order valence-electron chi connectivity index (χ2n) is 9.55. The van der Waals surface area contributed by atoms with E-state index < -0.39 is 10.0 Å². The number of aromatic nitrogens is 5. The van der Waals surface area contributed by atoms with Crippen LogP contribution in [-0.4, -0.2) is 83.7 Å². The van der Waals surface area contributed by atoms with E-state index in [1.54, 1.807) is 56.2 Å². The van der Waals surface area contributed by atoms with Gasteiger partial charge in [0, 0.05) is 52.1 Å². The van der Waals surface area contributed by atoms with Crippen LogP contribution in [-0.2, 0) is 21.8 Å². The lowest BCUT2D eigenvalue weighted by Gasteiger charge is -2.26. The number of hydrogen-bond acceptors (Lipinski definition) is 11. The molecule has 3 aromatic heterocycles. The van der Waals surface area contributed by atoms with Crippen molar-refractivity contribution < 1.29 is 22.7 Å². The van der Waals surface area contributed by atoms with E-state index in [-0.39, 0.29) is 10.7 Å². The van der Waals surface area contributed by atoms with Crippen LogP contribution in [0.5, 0.6) is 5.75 Å². The zero-order valence-electron chi connectivity index (χ0n) is 23.8. The third-order valence-corrected chi connectivity index (χ3v) is 8.74. The number of morpholine rings is 1. The van der Waals surface area contributed by atoms with E-state index >= 15 is 0 Å². The molecule has 13 nitrogen and oxygen atoms in total. The first-order valence-electron chi connectivity index (χ1n) is 13.3. The predicted octanol–water partition coefficient (Wildman–Crippen LogP) is 3.41. The van der Waals surface area contributed by atoms with Gasteiger partial charge in [-0.2, -0.15) is 9.40 Å². The Kier molecular flexibility index (Phi) is 8.47. The number of para-hydroxylation sites is 1. The van der Waals surface area contributed by atoms with Crippen LogP contribution in [0, 0.1) is 0 Å². The topological polar surface area (TPSA) is 145 Å².